The lowest BCUT2D eigenvalue weighted by Gasteiger charge is -2.21. The van der Waals surface area contributed by atoms with Crippen molar-refractivity contribution in [1.82, 2.24) is 9.88 Å². The minimum Gasteiger partial charge on any atom is -0.361 e. The number of aromatic amines is 1. The molecular formula is C23H25N3O3. The number of hydrogen-bond donors (Lipinski definition) is 1. The van der Waals surface area contributed by atoms with Crippen LogP contribution in [0.4, 0.5) is 5.69 Å². The van der Waals surface area contributed by atoms with Crippen LogP contribution in [0.5, 0.6) is 0 Å². The van der Waals surface area contributed by atoms with Crippen LogP contribution in [-0.2, 0) is 11.2 Å². The number of nitrogens with zero attached hydrogens (tertiary/aromatic N) is 2. The van der Waals surface area contributed by atoms with Crippen molar-refractivity contribution < 1.29 is 9.72 Å². The fourth-order valence-corrected chi connectivity index (χ4v) is 4.24. The van der Waals surface area contributed by atoms with Gasteiger partial charge in [0.1, 0.15) is 0 Å². The molecule has 6 nitrogen and oxygen atoms in total. The molecule has 3 aromatic rings. The van der Waals surface area contributed by atoms with E-state index in [1.165, 1.54) is 11.6 Å². The Kier molecular flexibility index (Phi) is 5.60. The van der Waals surface area contributed by atoms with Gasteiger partial charge in [0, 0.05) is 48.7 Å². The summed E-state index contributed by atoms with van der Waals surface area (Å²) >= 11 is 0. The number of carbonyl (C=O) groups is 1. The summed E-state index contributed by atoms with van der Waals surface area (Å²) in [5.74, 6) is 0.194. The molecule has 1 atom stereocenters. The highest BCUT2D eigenvalue weighted by atomic mass is 16.6. The van der Waals surface area contributed by atoms with Gasteiger partial charge in [0.15, 0.2) is 0 Å². The van der Waals surface area contributed by atoms with Crippen molar-refractivity contribution >= 4 is 22.5 Å². The third-order valence-corrected chi connectivity index (χ3v) is 5.85. The maximum absolute atomic E-state index is 12.9. The lowest BCUT2D eigenvalue weighted by molar-refractivity contribution is -0.384. The third-order valence-electron chi connectivity index (χ3n) is 5.85. The van der Waals surface area contributed by atoms with Crippen molar-refractivity contribution in [3.05, 3.63) is 76.0 Å². The average molecular weight is 391 g/mol. The number of fused-ring (bicyclic) bond motifs is 1. The van der Waals surface area contributed by atoms with Crippen LogP contribution in [0.25, 0.3) is 10.9 Å². The maximum Gasteiger partial charge on any atom is 0.270 e. The Balaban J connectivity index is 1.63. The molecule has 0 spiro atoms. The number of aromatic nitrogens is 1. The smallest absolute Gasteiger partial charge is 0.270 e. The molecule has 0 saturated carbocycles. The third kappa shape index (κ3) is 4.31. The van der Waals surface area contributed by atoms with E-state index in [0.29, 0.717) is 6.42 Å². The molecule has 4 rings (SSSR count). The number of nitrogens with one attached hydrogen (secondary N) is 1. The number of H-pyrrole nitrogens is 1. The first-order chi connectivity index (χ1) is 14.1. The molecule has 0 unspecified atom stereocenters. The number of amides is 1. The summed E-state index contributed by atoms with van der Waals surface area (Å²) in [6, 6.07) is 15.1. The predicted molar refractivity (Wildman–Crippen MR) is 113 cm³/mol. The lowest BCUT2D eigenvalue weighted by Crippen LogP contribution is -2.29. The van der Waals surface area contributed by atoms with Crippen LogP contribution in [0.3, 0.4) is 0 Å². The Bertz CT molecular complexity index is 1010. The monoisotopic (exact) mass is 391 g/mol. The molecule has 2 heterocycles. The van der Waals surface area contributed by atoms with E-state index in [4.69, 9.17) is 0 Å². The van der Waals surface area contributed by atoms with Gasteiger partial charge in [0.2, 0.25) is 5.91 Å². The van der Waals surface area contributed by atoms with E-state index in [1.807, 2.05) is 29.3 Å². The Hall–Kier alpha value is -3.15. The van der Waals surface area contributed by atoms with Crippen molar-refractivity contribution in [1.29, 1.82) is 0 Å². The van der Waals surface area contributed by atoms with Gasteiger partial charge in [-0.3, -0.25) is 14.9 Å². The predicted octanol–water partition coefficient (Wildman–Crippen LogP) is 4.81. The second-order valence-corrected chi connectivity index (χ2v) is 7.74. The molecule has 1 fully saturated rings. The molecule has 29 heavy (non-hydrogen) atoms. The Morgan fingerprint density at radius 2 is 1.90 bits per heavy atom. The van der Waals surface area contributed by atoms with E-state index in [9.17, 15) is 14.9 Å². The van der Waals surface area contributed by atoms with Crippen LogP contribution in [0, 0.1) is 10.1 Å². The number of nitro benzene ring substituents is 1. The summed E-state index contributed by atoms with van der Waals surface area (Å²) in [7, 11) is 0. The Morgan fingerprint density at radius 1 is 1.14 bits per heavy atom. The standard InChI is InChI=1S/C23H25N3O3/c27-23(25-12-4-5-13-25)14-18(9-8-17-6-2-1-3-7-17)21-16-24-22-11-10-19(26(28)29)15-20(21)22/h1-3,6-7,10-11,15-16,18,24H,4-5,8-9,12-14H2/t18-/m1/s1. The van der Waals surface area contributed by atoms with Crippen molar-refractivity contribution in [3.8, 4) is 0 Å². The number of rotatable bonds is 7. The molecule has 2 aromatic carbocycles. The zero-order valence-corrected chi connectivity index (χ0v) is 16.3. The number of non-ortho nitro benzene ring substituents is 1. The van der Waals surface area contributed by atoms with E-state index in [2.05, 4.69) is 17.1 Å². The minimum absolute atomic E-state index is 0.0130. The molecular weight excluding hydrogens is 366 g/mol. The maximum atomic E-state index is 12.9. The number of carbonyl (C=O) groups excluding carboxylic acids is 1. The van der Waals surface area contributed by atoms with Crippen LogP contribution in [-0.4, -0.2) is 33.8 Å². The van der Waals surface area contributed by atoms with Gasteiger partial charge in [-0.25, -0.2) is 0 Å². The fourth-order valence-electron chi connectivity index (χ4n) is 4.24. The van der Waals surface area contributed by atoms with Crippen LogP contribution in [0.1, 0.15) is 42.7 Å². The summed E-state index contributed by atoms with van der Waals surface area (Å²) in [5, 5.41) is 12.1. The Labute approximate surface area is 169 Å². The van der Waals surface area contributed by atoms with Gasteiger partial charge in [-0.2, -0.15) is 0 Å². The topological polar surface area (TPSA) is 79.2 Å². The van der Waals surface area contributed by atoms with Crippen LogP contribution in [0.2, 0.25) is 0 Å². The summed E-state index contributed by atoms with van der Waals surface area (Å²) in [6.07, 6.45) is 6.17. The van der Waals surface area contributed by atoms with E-state index < -0.39 is 0 Å². The summed E-state index contributed by atoms with van der Waals surface area (Å²) in [6.45, 7) is 1.67. The lowest BCUT2D eigenvalue weighted by atomic mass is 9.88. The van der Waals surface area contributed by atoms with Gasteiger partial charge in [-0.15, -0.1) is 0 Å². The Morgan fingerprint density at radius 3 is 2.62 bits per heavy atom. The van der Waals surface area contributed by atoms with Crippen LogP contribution >= 0.6 is 0 Å². The molecule has 1 saturated heterocycles. The van der Waals surface area contributed by atoms with Gasteiger partial charge < -0.3 is 9.88 Å². The highest BCUT2D eigenvalue weighted by molar-refractivity contribution is 5.87. The average Bonchev–Trinajstić information content (AvgIpc) is 3.41. The first kappa shape index (κ1) is 19.2. The fraction of sp³-hybridized carbons (Fsp3) is 0.348. The highest BCUT2D eigenvalue weighted by Crippen LogP contribution is 2.34. The van der Waals surface area contributed by atoms with Crippen molar-refractivity contribution in [2.24, 2.45) is 0 Å². The minimum atomic E-state index is -0.370. The zero-order valence-electron chi connectivity index (χ0n) is 16.3. The molecule has 150 valence electrons. The first-order valence-corrected chi connectivity index (χ1v) is 10.2. The number of aryl methyl sites for hydroxylation is 1. The molecule has 0 aliphatic carbocycles. The van der Waals surface area contributed by atoms with Crippen LogP contribution in [0.15, 0.2) is 54.7 Å². The zero-order chi connectivity index (χ0) is 20.2. The molecule has 1 aliphatic rings. The molecule has 1 aliphatic heterocycles. The van der Waals surface area contributed by atoms with E-state index >= 15 is 0 Å². The summed E-state index contributed by atoms with van der Waals surface area (Å²) in [4.78, 5) is 28.9. The number of nitro groups is 1. The van der Waals surface area contributed by atoms with Crippen molar-refractivity contribution in [2.75, 3.05) is 13.1 Å². The molecule has 0 radical (unpaired) electrons. The second-order valence-electron chi connectivity index (χ2n) is 7.74. The van der Waals surface area contributed by atoms with E-state index in [0.717, 1.165) is 55.2 Å². The van der Waals surface area contributed by atoms with Gasteiger partial charge >= 0.3 is 0 Å². The SMILES string of the molecule is O=C(C[C@@H](CCc1ccccc1)c1c[nH]c2ccc([N+](=O)[O-])cc12)N1CCCC1. The van der Waals surface area contributed by atoms with E-state index in [-0.39, 0.29) is 22.4 Å². The summed E-state index contributed by atoms with van der Waals surface area (Å²) in [5.41, 5.74) is 3.17. The molecule has 1 amide bonds. The molecule has 1 aromatic heterocycles. The molecule has 0 bridgehead atoms. The van der Waals surface area contributed by atoms with Crippen LogP contribution < -0.4 is 0 Å². The largest absolute Gasteiger partial charge is 0.361 e. The van der Waals surface area contributed by atoms with Crippen molar-refractivity contribution in [2.45, 2.75) is 38.0 Å². The van der Waals surface area contributed by atoms with Crippen molar-refractivity contribution in [3.63, 3.8) is 0 Å². The molecule has 1 N–H and O–H groups in total. The van der Waals surface area contributed by atoms with Gasteiger partial charge in [-0.1, -0.05) is 30.3 Å². The number of benzene rings is 2. The highest BCUT2D eigenvalue weighted by Gasteiger charge is 2.25. The normalized spacial score (nSPS) is 15.0. The number of likely N-dealkylation sites (tertiary alicyclic amines) is 1. The molecule has 6 heteroatoms. The van der Waals surface area contributed by atoms with E-state index in [1.54, 1.807) is 12.1 Å². The first-order valence-electron chi connectivity index (χ1n) is 10.2. The number of hydrogen-bond acceptors (Lipinski definition) is 3. The summed E-state index contributed by atoms with van der Waals surface area (Å²) < 4.78 is 0. The van der Waals surface area contributed by atoms with Gasteiger partial charge in [0.25, 0.3) is 5.69 Å². The van der Waals surface area contributed by atoms with Gasteiger partial charge in [-0.05, 0) is 48.8 Å². The second kappa shape index (κ2) is 8.47. The van der Waals surface area contributed by atoms with Gasteiger partial charge in [0.05, 0.1) is 4.92 Å². The quantitative estimate of drug-likeness (QED) is 0.464.